The first-order valence-corrected chi connectivity index (χ1v) is 5.84. The molecule has 0 bridgehead atoms. The van der Waals surface area contributed by atoms with Crippen LogP contribution in [-0.2, 0) is 4.79 Å². The summed E-state index contributed by atoms with van der Waals surface area (Å²) >= 11 is 3.35. The van der Waals surface area contributed by atoms with Gasteiger partial charge in [-0.25, -0.2) is 0 Å². The molecule has 0 spiro atoms. The largest absolute Gasteiger partial charge is 0.479 e. The second kappa shape index (κ2) is 4.33. The number of benzene rings is 1. The molecule has 1 aromatic rings. The Morgan fingerprint density at radius 1 is 1.56 bits per heavy atom. The minimum atomic E-state index is -0.386. The fourth-order valence-electron chi connectivity index (χ4n) is 1.67. The number of hydrogen-bond acceptors (Lipinski definition) is 3. The minimum absolute atomic E-state index is 0.0225. The molecule has 1 atom stereocenters. The highest BCUT2D eigenvalue weighted by molar-refractivity contribution is 9.10. The standard InChI is InChI=1S/C11H13BrN2O2/c1-14-6-5-9(11(14)15)16-8-4-2-3-7(13)10(8)12/h2-4,9H,5-6,13H2,1H3. The molecule has 0 radical (unpaired) electrons. The molecule has 1 fully saturated rings. The van der Waals surface area contributed by atoms with Crippen molar-refractivity contribution < 1.29 is 9.53 Å². The van der Waals surface area contributed by atoms with Gasteiger partial charge in [-0.1, -0.05) is 6.07 Å². The zero-order chi connectivity index (χ0) is 11.7. The van der Waals surface area contributed by atoms with Crippen LogP contribution in [0.25, 0.3) is 0 Å². The third-order valence-electron chi connectivity index (χ3n) is 2.64. The fraction of sp³-hybridized carbons (Fsp3) is 0.364. The van der Waals surface area contributed by atoms with Crippen molar-refractivity contribution in [3.63, 3.8) is 0 Å². The van der Waals surface area contributed by atoms with Gasteiger partial charge in [0.15, 0.2) is 6.10 Å². The molecule has 4 nitrogen and oxygen atoms in total. The summed E-state index contributed by atoms with van der Waals surface area (Å²) in [5.41, 5.74) is 6.34. The van der Waals surface area contributed by atoms with E-state index in [0.717, 1.165) is 13.0 Å². The van der Waals surface area contributed by atoms with E-state index in [9.17, 15) is 4.79 Å². The predicted octanol–water partition coefficient (Wildman–Crippen LogP) is 1.64. The summed E-state index contributed by atoms with van der Waals surface area (Å²) in [6, 6.07) is 5.38. The fourth-order valence-corrected chi connectivity index (χ4v) is 2.03. The van der Waals surface area contributed by atoms with Crippen LogP contribution in [0.5, 0.6) is 5.75 Å². The summed E-state index contributed by atoms with van der Waals surface area (Å²) in [5, 5.41) is 0. The second-order valence-corrected chi connectivity index (χ2v) is 4.61. The number of likely N-dealkylation sites (N-methyl/N-ethyl adjacent to an activating group) is 1. The number of nitrogen functional groups attached to an aromatic ring is 1. The van der Waals surface area contributed by atoms with Crippen LogP contribution < -0.4 is 10.5 Å². The number of hydrogen-bond donors (Lipinski definition) is 1. The van der Waals surface area contributed by atoms with Crippen LogP contribution in [0, 0.1) is 0 Å². The molecule has 1 saturated heterocycles. The maximum atomic E-state index is 11.7. The molecule has 16 heavy (non-hydrogen) atoms. The lowest BCUT2D eigenvalue weighted by molar-refractivity contribution is -0.132. The molecular formula is C11H13BrN2O2. The number of ether oxygens (including phenoxy) is 1. The maximum Gasteiger partial charge on any atom is 0.263 e. The van der Waals surface area contributed by atoms with Gasteiger partial charge in [0, 0.05) is 25.7 Å². The van der Waals surface area contributed by atoms with Crippen molar-refractivity contribution in [1.82, 2.24) is 4.90 Å². The van der Waals surface area contributed by atoms with Gasteiger partial charge in [0.25, 0.3) is 5.91 Å². The maximum absolute atomic E-state index is 11.7. The Bertz CT molecular complexity index is 422. The zero-order valence-electron chi connectivity index (χ0n) is 8.94. The molecule has 5 heteroatoms. The topological polar surface area (TPSA) is 55.6 Å². The highest BCUT2D eigenvalue weighted by atomic mass is 79.9. The average molecular weight is 285 g/mol. The number of amides is 1. The molecule has 0 aromatic heterocycles. The number of nitrogens with zero attached hydrogens (tertiary/aromatic N) is 1. The monoisotopic (exact) mass is 284 g/mol. The Morgan fingerprint density at radius 3 is 2.94 bits per heavy atom. The summed E-state index contributed by atoms with van der Waals surface area (Å²) in [6.45, 7) is 0.740. The van der Waals surface area contributed by atoms with Gasteiger partial charge in [-0.15, -0.1) is 0 Å². The highest BCUT2D eigenvalue weighted by Crippen LogP contribution is 2.32. The quantitative estimate of drug-likeness (QED) is 0.840. The number of rotatable bonds is 2. The smallest absolute Gasteiger partial charge is 0.263 e. The van der Waals surface area contributed by atoms with Crippen LogP contribution in [0.4, 0.5) is 5.69 Å². The van der Waals surface area contributed by atoms with Gasteiger partial charge in [-0.05, 0) is 28.1 Å². The van der Waals surface area contributed by atoms with Crippen LogP contribution in [0.3, 0.4) is 0 Å². The van der Waals surface area contributed by atoms with Gasteiger partial charge in [-0.3, -0.25) is 4.79 Å². The lowest BCUT2D eigenvalue weighted by atomic mass is 10.3. The summed E-state index contributed by atoms with van der Waals surface area (Å²) in [5.74, 6) is 0.642. The molecule has 2 rings (SSSR count). The summed E-state index contributed by atoms with van der Waals surface area (Å²) in [4.78, 5) is 13.3. The molecule has 1 aliphatic heterocycles. The Balaban J connectivity index is 2.16. The molecule has 0 aliphatic carbocycles. The third kappa shape index (κ3) is 2.00. The molecule has 86 valence electrons. The number of nitrogens with two attached hydrogens (primary N) is 1. The van der Waals surface area contributed by atoms with Crippen molar-refractivity contribution in [2.45, 2.75) is 12.5 Å². The Labute approximate surface area is 102 Å². The number of halogens is 1. The van der Waals surface area contributed by atoms with E-state index in [-0.39, 0.29) is 12.0 Å². The van der Waals surface area contributed by atoms with E-state index in [1.165, 1.54) is 0 Å². The van der Waals surface area contributed by atoms with Gasteiger partial charge in [0.05, 0.1) is 4.47 Å². The van der Waals surface area contributed by atoms with Gasteiger partial charge in [-0.2, -0.15) is 0 Å². The number of carbonyl (C=O) groups is 1. The number of carbonyl (C=O) groups excluding carboxylic acids is 1. The molecule has 1 aliphatic rings. The van der Waals surface area contributed by atoms with Crippen molar-refractivity contribution in [2.24, 2.45) is 0 Å². The lowest BCUT2D eigenvalue weighted by Crippen LogP contribution is -2.29. The summed E-state index contributed by atoms with van der Waals surface area (Å²) in [6.07, 6.45) is 0.333. The van der Waals surface area contributed by atoms with Crippen molar-refractivity contribution >= 4 is 27.5 Å². The van der Waals surface area contributed by atoms with E-state index in [4.69, 9.17) is 10.5 Å². The first kappa shape index (κ1) is 11.3. The van der Waals surface area contributed by atoms with E-state index in [0.29, 0.717) is 15.9 Å². The van der Waals surface area contributed by atoms with E-state index in [1.807, 2.05) is 0 Å². The van der Waals surface area contributed by atoms with Crippen LogP contribution in [0.2, 0.25) is 0 Å². The van der Waals surface area contributed by atoms with Gasteiger partial charge in [0.1, 0.15) is 5.75 Å². The summed E-state index contributed by atoms with van der Waals surface area (Å²) < 4.78 is 6.36. The Kier molecular flexibility index (Phi) is 3.05. The van der Waals surface area contributed by atoms with Crippen LogP contribution >= 0.6 is 15.9 Å². The minimum Gasteiger partial charge on any atom is -0.479 e. The van der Waals surface area contributed by atoms with E-state index >= 15 is 0 Å². The van der Waals surface area contributed by atoms with Gasteiger partial charge >= 0.3 is 0 Å². The van der Waals surface area contributed by atoms with Gasteiger partial charge < -0.3 is 15.4 Å². The molecule has 1 aromatic carbocycles. The molecule has 2 N–H and O–H groups in total. The van der Waals surface area contributed by atoms with E-state index in [1.54, 1.807) is 30.1 Å². The predicted molar refractivity (Wildman–Crippen MR) is 65.2 cm³/mol. The highest BCUT2D eigenvalue weighted by Gasteiger charge is 2.31. The van der Waals surface area contributed by atoms with Crippen molar-refractivity contribution in [3.05, 3.63) is 22.7 Å². The zero-order valence-corrected chi connectivity index (χ0v) is 10.5. The average Bonchev–Trinajstić information content (AvgIpc) is 2.57. The van der Waals surface area contributed by atoms with Crippen LogP contribution in [-0.4, -0.2) is 30.5 Å². The van der Waals surface area contributed by atoms with Crippen molar-refractivity contribution in [3.8, 4) is 5.75 Å². The summed E-state index contributed by atoms with van der Waals surface area (Å²) in [7, 11) is 1.78. The molecule has 1 amide bonds. The Morgan fingerprint density at radius 2 is 2.31 bits per heavy atom. The van der Waals surface area contributed by atoms with Gasteiger partial charge in [0.2, 0.25) is 0 Å². The second-order valence-electron chi connectivity index (χ2n) is 3.81. The van der Waals surface area contributed by atoms with E-state index in [2.05, 4.69) is 15.9 Å². The third-order valence-corrected chi connectivity index (χ3v) is 3.49. The molecule has 1 heterocycles. The van der Waals surface area contributed by atoms with Crippen molar-refractivity contribution in [1.29, 1.82) is 0 Å². The van der Waals surface area contributed by atoms with Crippen molar-refractivity contribution in [2.75, 3.05) is 19.3 Å². The lowest BCUT2D eigenvalue weighted by Gasteiger charge is -2.14. The first-order valence-electron chi connectivity index (χ1n) is 5.05. The number of likely N-dealkylation sites (tertiary alicyclic amines) is 1. The number of anilines is 1. The SMILES string of the molecule is CN1CCC(Oc2cccc(N)c2Br)C1=O. The van der Waals surface area contributed by atoms with E-state index < -0.39 is 0 Å². The molecular weight excluding hydrogens is 272 g/mol. The normalized spacial score (nSPS) is 20.2. The van der Waals surface area contributed by atoms with Crippen LogP contribution in [0.15, 0.2) is 22.7 Å². The molecule has 1 unspecified atom stereocenters. The first-order chi connectivity index (χ1) is 7.59. The molecule has 0 saturated carbocycles. The van der Waals surface area contributed by atoms with Crippen LogP contribution in [0.1, 0.15) is 6.42 Å². The Hall–Kier alpha value is -1.23.